The minimum Gasteiger partial charge on any atom is -0.303 e. The van der Waals surface area contributed by atoms with Crippen LogP contribution in [-0.2, 0) is 0 Å². The van der Waals surface area contributed by atoms with Crippen molar-refractivity contribution < 1.29 is 9.18 Å². The van der Waals surface area contributed by atoms with Gasteiger partial charge in [0, 0.05) is 25.1 Å². The second-order valence-electron chi connectivity index (χ2n) is 5.88. The lowest BCUT2D eigenvalue weighted by Gasteiger charge is -2.15. The Morgan fingerprint density at radius 1 is 1.45 bits per heavy atom. The molecule has 0 bridgehead atoms. The highest BCUT2D eigenvalue weighted by Crippen LogP contribution is 2.21. The topological polar surface area (TPSA) is 20.3 Å². The minimum absolute atomic E-state index is 0.0443. The van der Waals surface area contributed by atoms with E-state index in [-0.39, 0.29) is 11.6 Å². The summed E-state index contributed by atoms with van der Waals surface area (Å²) in [5.41, 5.74) is 1.08. The summed E-state index contributed by atoms with van der Waals surface area (Å²) < 4.78 is 13.5. The van der Waals surface area contributed by atoms with Crippen LogP contribution in [0.2, 0.25) is 0 Å². The highest BCUT2D eigenvalue weighted by molar-refractivity contribution is 5.96. The predicted octanol–water partition coefficient (Wildman–Crippen LogP) is 3.83. The van der Waals surface area contributed by atoms with Gasteiger partial charge in [-0.05, 0) is 43.9 Å². The highest BCUT2D eigenvalue weighted by atomic mass is 19.1. The summed E-state index contributed by atoms with van der Waals surface area (Å²) in [7, 11) is 0. The van der Waals surface area contributed by atoms with Crippen molar-refractivity contribution in [3.63, 3.8) is 0 Å². The van der Waals surface area contributed by atoms with Crippen molar-refractivity contribution in [1.82, 2.24) is 4.90 Å². The standard InChI is InChI=1S/C17H24FNO/c1-3-4-14-7-9-19(12-14)10-8-17(20)15-6-5-13(2)16(18)11-15/h5-6,11,14H,3-4,7-10,12H2,1-2H3. The molecular weight excluding hydrogens is 253 g/mol. The fourth-order valence-electron chi connectivity index (χ4n) is 2.93. The first kappa shape index (κ1) is 15.2. The zero-order valence-corrected chi connectivity index (χ0v) is 12.5. The number of hydrogen-bond acceptors (Lipinski definition) is 2. The molecule has 1 atom stereocenters. The molecule has 2 nitrogen and oxygen atoms in total. The number of rotatable bonds is 6. The van der Waals surface area contributed by atoms with Gasteiger partial charge in [0.05, 0.1) is 0 Å². The van der Waals surface area contributed by atoms with E-state index in [1.807, 2.05) is 0 Å². The molecule has 0 aliphatic carbocycles. The summed E-state index contributed by atoms with van der Waals surface area (Å²) in [6, 6.07) is 4.77. The molecule has 3 heteroatoms. The quantitative estimate of drug-likeness (QED) is 0.737. The molecule has 1 aromatic rings. The van der Waals surface area contributed by atoms with Crippen molar-refractivity contribution in [3.05, 3.63) is 35.1 Å². The highest BCUT2D eigenvalue weighted by Gasteiger charge is 2.22. The van der Waals surface area contributed by atoms with Gasteiger partial charge in [0.1, 0.15) is 5.82 Å². The van der Waals surface area contributed by atoms with Gasteiger partial charge < -0.3 is 4.90 Å². The van der Waals surface area contributed by atoms with Crippen molar-refractivity contribution in [1.29, 1.82) is 0 Å². The van der Waals surface area contributed by atoms with Gasteiger partial charge in [-0.15, -0.1) is 0 Å². The molecule has 0 radical (unpaired) electrons. The molecule has 110 valence electrons. The van der Waals surface area contributed by atoms with Crippen LogP contribution in [-0.4, -0.2) is 30.3 Å². The van der Waals surface area contributed by atoms with E-state index in [2.05, 4.69) is 11.8 Å². The first-order valence-corrected chi connectivity index (χ1v) is 7.62. The van der Waals surface area contributed by atoms with E-state index in [0.717, 1.165) is 25.6 Å². The Kier molecular flexibility index (Phi) is 5.30. The molecule has 1 aliphatic rings. The average Bonchev–Trinajstić information content (AvgIpc) is 2.87. The lowest BCUT2D eigenvalue weighted by Crippen LogP contribution is -2.24. The van der Waals surface area contributed by atoms with Crippen LogP contribution in [0.1, 0.15) is 48.5 Å². The zero-order valence-electron chi connectivity index (χ0n) is 12.5. The molecule has 0 aromatic heterocycles. The molecular formula is C17H24FNO. The minimum atomic E-state index is -0.292. The SMILES string of the molecule is CCCC1CCN(CCC(=O)c2ccc(C)c(F)c2)C1. The van der Waals surface area contributed by atoms with E-state index in [1.54, 1.807) is 19.1 Å². The lowest BCUT2D eigenvalue weighted by atomic mass is 10.0. The number of benzene rings is 1. The van der Waals surface area contributed by atoms with Gasteiger partial charge in [-0.2, -0.15) is 0 Å². The van der Waals surface area contributed by atoms with Gasteiger partial charge in [-0.25, -0.2) is 4.39 Å². The van der Waals surface area contributed by atoms with Crippen LogP contribution in [0.15, 0.2) is 18.2 Å². The maximum absolute atomic E-state index is 13.5. The number of carbonyl (C=O) groups excluding carboxylic acids is 1. The van der Waals surface area contributed by atoms with Gasteiger partial charge in [0.25, 0.3) is 0 Å². The van der Waals surface area contributed by atoms with E-state index >= 15 is 0 Å². The third-order valence-electron chi connectivity index (χ3n) is 4.22. The molecule has 1 unspecified atom stereocenters. The summed E-state index contributed by atoms with van der Waals surface area (Å²) in [6.07, 6.45) is 4.26. The Morgan fingerprint density at radius 2 is 2.25 bits per heavy atom. The molecule has 0 spiro atoms. The Labute approximate surface area is 121 Å². The van der Waals surface area contributed by atoms with Crippen molar-refractivity contribution in [3.8, 4) is 0 Å². The smallest absolute Gasteiger partial charge is 0.164 e. The molecule has 1 aromatic carbocycles. The maximum Gasteiger partial charge on any atom is 0.164 e. The fraction of sp³-hybridized carbons (Fsp3) is 0.588. The first-order chi connectivity index (χ1) is 9.60. The van der Waals surface area contributed by atoms with Crippen molar-refractivity contribution in [2.75, 3.05) is 19.6 Å². The second-order valence-corrected chi connectivity index (χ2v) is 5.88. The number of nitrogens with zero attached hydrogens (tertiary/aromatic N) is 1. The van der Waals surface area contributed by atoms with Gasteiger partial charge >= 0.3 is 0 Å². The average molecular weight is 277 g/mol. The number of Topliss-reactive ketones (excluding diaryl/α,β-unsaturated/α-hetero) is 1. The first-order valence-electron chi connectivity index (χ1n) is 7.62. The molecule has 0 saturated carbocycles. The molecule has 1 aliphatic heterocycles. The Hall–Kier alpha value is -1.22. The number of carbonyl (C=O) groups is 1. The summed E-state index contributed by atoms with van der Waals surface area (Å²) in [4.78, 5) is 14.4. The van der Waals surface area contributed by atoms with E-state index in [0.29, 0.717) is 17.5 Å². The van der Waals surface area contributed by atoms with Crippen LogP contribution in [0.4, 0.5) is 4.39 Å². The van der Waals surface area contributed by atoms with Crippen LogP contribution < -0.4 is 0 Å². The normalized spacial score (nSPS) is 19.4. The number of likely N-dealkylation sites (tertiary alicyclic amines) is 1. The number of halogens is 1. The van der Waals surface area contributed by atoms with Crippen molar-refractivity contribution in [2.45, 2.75) is 39.5 Å². The van der Waals surface area contributed by atoms with E-state index in [4.69, 9.17) is 0 Å². The number of hydrogen-bond donors (Lipinski definition) is 0. The van der Waals surface area contributed by atoms with Gasteiger partial charge in [0.15, 0.2) is 5.78 Å². The van der Waals surface area contributed by atoms with Gasteiger partial charge in [-0.3, -0.25) is 4.79 Å². The Bertz CT molecular complexity index is 472. The van der Waals surface area contributed by atoms with Gasteiger partial charge in [0.2, 0.25) is 0 Å². The Morgan fingerprint density at radius 3 is 2.95 bits per heavy atom. The second kappa shape index (κ2) is 6.98. The van der Waals surface area contributed by atoms with E-state index < -0.39 is 0 Å². The third kappa shape index (κ3) is 3.89. The van der Waals surface area contributed by atoms with Crippen molar-refractivity contribution >= 4 is 5.78 Å². The number of ketones is 1. The van der Waals surface area contributed by atoms with Crippen LogP contribution in [0.3, 0.4) is 0 Å². The van der Waals surface area contributed by atoms with Crippen LogP contribution in [0, 0.1) is 18.7 Å². The molecule has 0 N–H and O–H groups in total. The number of aryl methyl sites for hydroxylation is 1. The Balaban J connectivity index is 1.82. The molecule has 2 rings (SSSR count). The summed E-state index contributed by atoms with van der Waals surface area (Å²) in [5.74, 6) is 0.551. The maximum atomic E-state index is 13.5. The monoisotopic (exact) mass is 277 g/mol. The van der Waals surface area contributed by atoms with Crippen LogP contribution in [0.5, 0.6) is 0 Å². The largest absolute Gasteiger partial charge is 0.303 e. The molecule has 1 fully saturated rings. The summed E-state index contributed by atoms with van der Waals surface area (Å²) >= 11 is 0. The molecule has 0 amide bonds. The van der Waals surface area contributed by atoms with Crippen LogP contribution in [0.25, 0.3) is 0 Å². The third-order valence-corrected chi connectivity index (χ3v) is 4.22. The van der Waals surface area contributed by atoms with Gasteiger partial charge in [-0.1, -0.05) is 25.5 Å². The van der Waals surface area contributed by atoms with E-state index in [9.17, 15) is 9.18 Å². The molecule has 1 heterocycles. The van der Waals surface area contributed by atoms with E-state index in [1.165, 1.54) is 25.3 Å². The van der Waals surface area contributed by atoms with Crippen LogP contribution >= 0.6 is 0 Å². The summed E-state index contributed by atoms with van der Waals surface area (Å²) in [6.45, 7) is 6.94. The molecule has 1 saturated heterocycles. The molecule has 20 heavy (non-hydrogen) atoms. The van der Waals surface area contributed by atoms with Crippen molar-refractivity contribution in [2.24, 2.45) is 5.92 Å². The predicted molar refractivity (Wildman–Crippen MR) is 79.5 cm³/mol. The lowest BCUT2D eigenvalue weighted by molar-refractivity contribution is 0.0967. The summed E-state index contributed by atoms with van der Waals surface area (Å²) in [5, 5.41) is 0. The fourth-order valence-corrected chi connectivity index (χ4v) is 2.93. The zero-order chi connectivity index (χ0) is 14.5.